The molecule has 0 aliphatic rings. The molecule has 0 unspecified atom stereocenters. The van der Waals surface area contributed by atoms with Gasteiger partial charge in [-0.3, -0.25) is 0 Å². The minimum Gasteiger partial charge on any atom is -0.0622 e. The molecule has 0 fully saturated rings. The molecule has 0 bridgehead atoms. The van der Waals surface area contributed by atoms with Crippen molar-refractivity contribution >= 4 is 50.8 Å². The van der Waals surface area contributed by atoms with Gasteiger partial charge in [-0.2, -0.15) is 0 Å². The number of fused-ring (bicyclic) bond motifs is 3. The molecule has 1 heteroatoms. The van der Waals surface area contributed by atoms with Gasteiger partial charge in [-0.25, -0.2) is 0 Å². The summed E-state index contributed by atoms with van der Waals surface area (Å²) in [5.41, 5.74) is 5.16. The molecular formula is C38H30Si. The van der Waals surface area contributed by atoms with E-state index in [0.717, 1.165) is 0 Å². The Hall–Kier alpha value is -4.46. The lowest BCUT2D eigenvalue weighted by Crippen LogP contribution is -2.53. The third kappa shape index (κ3) is 3.90. The second-order valence-corrected chi connectivity index (χ2v) is 15.3. The molecule has 186 valence electrons. The van der Waals surface area contributed by atoms with Crippen LogP contribution in [0.5, 0.6) is 0 Å². The Kier molecular flexibility index (Phi) is 5.68. The van der Waals surface area contributed by atoms with Gasteiger partial charge in [0.2, 0.25) is 0 Å². The highest BCUT2D eigenvalue weighted by molar-refractivity contribution is 7.01. The van der Waals surface area contributed by atoms with E-state index in [-0.39, 0.29) is 0 Å². The van der Waals surface area contributed by atoms with Gasteiger partial charge in [0.1, 0.15) is 8.07 Å². The Balaban J connectivity index is 1.42. The number of rotatable bonds is 4. The van der Waals surface area contributed by atoms with Crippen LogP contribution >= 0.6 is 0 Å². The summed E-state index contributed by atoms with van der Waals surface area (Å²) in [6.45, 7) is 4.95. The van der Waals surface area contributed by atoms with Crippen molar-refractivity contribution in [1.29, 1.82) is 0 Å². The maximum Gasteiger partial charge on any atom is 0.113 e. The lowest BCUT2D eigenvalue weighted by Gasteiger charge is -2.26. The van der Waals surface area contributed by atoms with Crippen LogP contribution in [0.4, 0.5) is 0 Å². The molecule has 0 spiro atoms. The number of benzene rings is 7. The van der Waals surface area contributed by atoms with E-state index in [4.69, 9.17) is 0 Å². The fraction of sp³-hybridized carbons (Fsp3) is 0.0526. The first-order chi connectivity index (χ1) is 19.1. The van der Waals surface area contributed by atoms with Crippen molar-refractivity contribution in [2.45, 2.75) is 13.1 Å². The third-order valence-electron chi connectivity index (χ3n) is 8.35. The summed E-state index contributed by atoms with van der Waals surface area (Å²) in [7, 11) is -1.90. The predicted octanol–water partition coefficient (Wildman–Crippen LogP) is 9.30. The first kappa shape index (κ1) is 23.6. The van der Waals surface area contributed by atoms with Crippen LogP contribution in [-0.2, 0) is 0 Å². The Morgan fingerprint density at radius 2 is 0.795 bits per heavy atom. The van der Waals surface area contributed by atoms with Crippen LogP contribution in [0.2, 0.25) is 13.1 Å². The van der Waals surface area contributed by atoms with Crippen molar-refractivity contribution < 1.29 is 0 Å². The first-order valence-electron chi connectivity index (χ1n) is 13.7. The van der Waals surface area contributed by atoms with Gasteiger partial charge >= 0.3 is 0 Å². The topological polar surface area (TPSA) is 0 Å². The molecule has 0 radical (unpaired) electrons. The third-order valence-corrected chi connectivity index (χ3v) is 11.9. The summed E-state index contributed by atoms with van der Waals surface area (Å²) in [5.74, 6) is 0. The zero-order valence-electron chi connectivity index (χ0n) is 22.4. The van der Waals surface area contributed by atoms with Gasteiger partial charge in [-0.05, 0) is 59.8 Å². The molecule has 7 aromatic carbocycles. The molecule has 0 aliphatic heterocycles. The minimum atomic E-state index is -1.90. The highest BCUT2D eigenvalue weighted by Gasteiger charge is 2.28. The van der Waals surface area contributed by atoms with Crippen molar-refractivity contribution in [2.75, 3.05) is 0 Å². The van der Waals surface area contributed by atoms with Crippen molar-refractivity contribution in [1.82, 2.24) is 0 Å². The van der Waals surface area contributed by atoms with Crippen LogP contribution in [0.15, 0.2) is 146 Å². The lowest BCUT2D eigenvalue weighted by atomic mass is 9.86. The van der Waals surface area contributed by atoms with Gasteiger partial charge in [0.25, 0.3) is 0 Å². The van der Waals surface area contributed by atoms with Gasteiger partial charge in [0.15, 0.2) is 0 Å². The van der Waals surface area contributed by atoms with Gasteiger partial charge < -0.3 is 0 Å². The van der Waals surface area contributed by atoms with Crippen LogP contribution in [0.25, 0.3) is 54.6 Å². The van der Waals surface area contributed by atoms with Crippen LogP contribution in [0.3, 0.4) is 0 Å². The molecule has 0 heterocycles. The lowest BCUT2D eigenvalue weighted by molar-refractivity contribution is 1.65. The largest absolute Gasteiger partial charge is 0.113 e. The highest BCUT2D eigenvalue weighted by Crippen LogP contribution is 2.43. The molecule has 7 aromatic rings. The average molecular weight is 515 g/mol. The summed E-state index contributed by atoms with van der Waals surface area (Å²) in [6.07, 6.45) is 0. The molecule has 0 N–H and O–H groups in total. The van der Waals surface area contributed by atoms with E-state index < -0.39 is 8.07 Å². The van der Waals surface area contributed by atoms with E-state index in [1.807, 2.05) is 0 Å². The molecule has 0 saturated carbocycles. The highest BCUT2D eigenvalue weighted by atomic mass is 28.3. The molecule has 0 saturated heterocycles. The molecule has 7 rings (SSSR count). The van der Waals surface area contributed by atoms with Crippen LogP contribution in [-0.4, -0.2) is 8.07 Å². The van der Waals surface area contributed by atoms with E-state index in [9.17, 15) is 0 Å². The van der Waals surface area contributed by atoms with Gasteiger partial charge in [0.05, 0.1) is 0 Å². The zero-order valence-corrected chi connectivity index (χ0v) is 23.4. The van der Waals surface area contributed by atoms with Crippen LogP contribution in [0, 0.1) is 0 Å². The molecule has 0 aliphatic carbocycles. The first-order valence-corrected chi connectivity index (χ1v) is 16.7. The van der Waals surface area contributed by atoms with E-state index in [1.165, 1.54) is 64.9 Å². The van der Waals surface area contributed by atoms with Gasteiger partial charge in [-0.15, -0.1) is 0 Å². The van der Waals surface area contributed by atoms with Crippen molar-refractivity contribution in [3.63, 3.8) is 0 Å². The normalized spacial score (nSPS) is 11.8. The van der Waals surface area contributed by atoms with E-state index >= 15 is 0 Å². The smallest absolute Gasteiger partial charge is 0.0622 e. The van der Waals surface area contributed by atoms with Crippen molar-refractivity contribution in [3.05, 3.63) is 146 Å². The van der Waals surface area contributed by atoms with E-state index in [0.29, 0.717) is 0 Å². The second kappa shape index (κ2) is 9.38. The van der Waals surface area contributed by atoms with E-state index in [2.05, 4.69) is 159 Å². The SMILES string of the molecule is C[Si](C)(c1ccc(-c2c3ccccc3c(-c3ccccc3)c3ccccc23)cc1)c1cccc2ccccc12. The summed E-state index contributed by atoms with van der Waals surface area (Å²) < 4.78 is 0. The maximum absolute atomic E-state index is 2.48. The molecule has 0 nitrogen and oxygen atoms in total. The summed E-state index contributed by atoms with van der Waals surface area (Å²) >= 11 is 0. The Morgan fingerprint density at radius 3 is 1.36 bits per heavy atom. The Bertz CT molecular complexity index is 1900. The molecule has 0 amide bonds. The summed E-state index contributed by atoms with van der Waals surface area (Å²) in [5, 5.41) is 10.9. The fourth-order valence-electron chi connectivity index (χ4n) is 6.33. The summed E-state index contributed by atoms with van der Waals surface area (Å²) in [6, 6.07) is 53.6. The monoisotopic (exact) mass is 514 g/mol. The predicted molar refractivity (Wildman–Crippen MR) is 173 cm³/mol. The molecule has 0 atom stereocenters. The van der Waals surface area contributed by atoms with Crippen molar-refractivity contribution in [3.8, 4) is 22.3 Å². The zero-order chi connectivity index (χ0) is 26.4. The van der Waals surface area contributed by atoms with Gasteiger partial charge in [0, 0.05) is 0 Å². The molecular weight excluding hydrogens is 485 g/mol. The van der Waals surface area contributed by atoms with Crippen LogP contribution < -0.4 is 10.4 Å². The average Bonchev–Trinajstić information content (AvgIpc) is 3.00. The minimum absolute atomic E-state index is 1.26. The van der Waals surface area contributed by atoms with E-state index in [1.54, 1.807) is 0 Å². The Morgan fingerprint density at radius 1 is 0.359 bits per heavy atom. The Labute approximate surface area is 231 Å². The molecule has 0 aromatic heterocycles. The van der Waals surface area contributed by atoms with Crippen molar-refractivity contribution in [2.24, 2.45) is 0 Å². The number of hydrogen-bond donors (Lipinski definition) is 0. The fourth-order valence-corrected chi connectivity index (χ4v) is 9.06. The standard InChI is InChI=1S/C38H30Si/c1-39(2,36-22-12-16-27-13-6-7-17-31(27)36)30-25-23-29(24-26-30)38-34-20-10-8-18-32(34)37(28-14-4-3-5-15-28)33-19-9-11-21-35(33)38/h3-26H,1-2H3. The summed E-state index contributed by atoms with van der Waals surface area (Å²) in [4.78, 5) is 0. The van der Waals surface area contributed by atoms with Gasteiger partial charge in [-0.1, -0.05) is 164 Å². The number of hydrogen-bond acceptors (Lipinski definition) is 0. The maximum atomic E-state index is 2.48. The second-order valence-electron chi connectivity index (χ2n) is 10.9. The quantitative estimate of drug-likeness (QED) is 0.162. The molecule has 39 heavy (non-hydrogen) atoms. The van der Waals surface area contributed by atoms with Crippen LogP contribution in [0.1, 0.15) is 0 Å².